The Morgan fingerprint density at radius 3 is 2.37 bits per heavy atom. The zero-order valence-electron chi connectivity index (χ0n) is 15.0. The number of anilines is 1. The first-order chi connectivity index (χ1) is 13.0. The second-order valence-corrected chi connectivity index (χ2v) is 9.20. The Balaban J connectivity index is 1.34. The van der Waals surface area contributed by atoms with Crippen LogP contribution in [0.15, 0.2) is 29.2 Å². The molecule has 2 bridgehead atoms. The van der Waals surface area contributed by atoms with Gasteiger partial charge in [-0.1, -0.05) is 0 Å². The maximum Gasteiger partial charge on any atom is 0.319 e. The number of amides is 2. The number of hydrazine groups is 1. The Labute approximate surface area is 158 Å². The molecule has 3 saturated heterocycles. The molecule has 27 heavy (non-hydrogen) atoms. The fourth-order valence-electron chi connectivity index (χ4n) is 3.69. The maximum absolute atomic E-state index is 12.8. The highest BCUT2D eigenvalue weighted by atomic mass is 32.2. The summed E-state index contributed by atoms with van der Waals surface area (Å²) in [5.74, 6) is 0.354. The molecular weight excluding hydrogens is 370 g/mol. The summed E-state index contributed by atoms with van der Waals surface area (Å²) < 4.78 is 32.9. The summed E-state index contributed by atoms with van der Waals surface area (Å²) in [6.45, 7) is 3.02. The molecule has 2 atom stereocenters. The van der Waals surface area contributed by atoms with Gasteiger partial charge in [-0.25, -0.2) is 13.2 Å². The summed E-state index contributed by atoms with van der Waals surface area (Å²) in [6, 6.07) is 5.99. The molecule has 0 spiro atoms. The van der Waals surface area contributed by atoms with Crippen LogP contribution in [0.2, 0.25) is 0 Å². The number of nitrogens with one attached hydrogen (secondary N) is 4. The summed E-state index contributed by atoms with van der Waals surface area (Å²) in [7, 11) is -3.54. The second kappa shape index (κ2) is 7.72. The van der Waals surface area contributed by atoms with Crippen molar-refractivity contribution < 1.29 is 17.9 Å². The lowest BCUT2D eigenvalue weighted by Crippen LogP contribution is -2.45. The zero-order chi connectivity index (χ0) is 18.9. The van der Waals surface area contributed by atoms with Gasteiger partial charge in [-0.15, -0.1) is 0 Å². The van der Waals surface area contributed by atoms with Crippen LogP contribution in [0.5, 0.6) is 0 Å². The normalized spacial score (nSPS) is 26.2. The number of urea groups is 1. The molecule has 0 aliphatic carbocycles. The summed E-state index contributed by atoms with van der Waals surface area (Å²) in [5.41, 5.74) is 6.58. The van der Waals surface area contributed by atoms with Crippen LogP contribution >= 0.6 is 0 Å². The Kier molecular flexibility index (Phi) is 5.33. The van der Waals surface area contributed by atoms with Gasteiger partial charge in [-0.3, -0.25) is 10.9 Å². The van der Waals surface area contributed by atoms with Crippen LogP contribution in [-0.4, -0.2) is 63.7 Å². The number of sulfonamides is 1. The number of ether oxygens (including phenoxy) is 1. The number of fused-ring (bicyclic) bond motifs is 2. The minimum Gasteiger partial charge on any atom is -0.372 e. The van der Waals surface area contributed by atoms with Crippen LogP contribution in [0.1, 0.15) is 12.8 Å². The molecule has 1 aromatic carbocycles. The van der Waals surface area contributed by atoms with Crippen LogP contribution in [0, 0.1) is 5.92 Å². The average Bonchev–Trinajstić information content (AvgIpc) is 3.29. The van der Waals surface area contributed by atoms with Crippen molar-refractivity contribution in [3.8, 4) is 0 Å². The van der Waals surface area contributed by atoms with Gasteiger partial charge >= 0.3 is 6.03 Å². The predicted molar refractivity (Wildman–Crippen MR) is 99.6 cm³/mol. The number of morpholine rings is 1. The number of nitrogens with zero attached hydrogens (tertiary/aromatic N) is 1. The van der Waals surface area contributed by atoms with E-state index < -0.39 is 10.0 Å². The highest BCUT2D eigenvalue weighted by Gasteiger charge is 2.39. The lowest BCUT2D eigenvalue weighted by molar-refractivity contribution is -0.0114. The molecule has 0 saturated carbocycles. The van der Waals surface area contributed by atoms with Crippen LogP contribution < -0.4 is 21.5 Å². The predicted octanol–water partition coefficient (Wildman–Crippen LogP) is 0.0840. The van der Waals surface area contributed by atoms with E-state index in [-0.39, 0.29) is 23.1 Å². The van der Waals surface area contributed by atoms with Crippen molar-refractivity contribution in [2.75, 3.05) is 38.0 Å². The van der Waals surface area contributed by atoms with Gasteiger partial charge in [0.1, 0.15) is 0 Å². The molecule has 9 nitrogen and oxygen atoms in total. The lowest BCUT2D eigenvalue weighted by Gasteiger charge is -2.31. The fourth-order valence-corrected chi connectivity index (χ4v) is 5.20. The highest BCUT2D eigenvalue weighted by Crippen LogP contribution is 2.30. The van der Waals surface area contributed by atoms with E-state index in [0.717, 1.165) is 25.9 Å². The second-order valence-electron chi connectivity index (χ2n) is 7.27. The van der Waals surface area contributed by atoms with E-state index in [9.17, 15) is 13.2 Å². The van der Waals surface area contributed by atoms with Crippen molar-refractivity contribution in [1.29, 1.82) is 0 Å². The van der Waals surface area contributed by atoms with Gasteiger partial charge in [0.15, 0.2) is 0 Å². The molecule has 3 aliphatic rings. The topological polar surface area (TPSA) is 112 Å². The molecule has 1 aromatic rings. The SMILES string of the molecule is O=C(NCC1CNNC1)Nc1ccc(S(=O)(=O)N2CC3CCC(C2)O3)cc1. The van der Waals surface area contributed by atoms with Crippen LogP contribution in [0.3, 0.4) is 0 Å². The number of hydrogen-bond donors (Lipinski definition) is 4. The first kappa shape index (κ1) is 18.6. The number of hydrogen-bond acceptors (Lipinski definition) is 6. The van der Waals surface area contributed by atoms with Gasteiger partial charge in [0.25, 0.3) is 0 Å². The monoisotopic (exact) mass is 395 g/mol. The van der Waals surface area contributed by atoms with Crippen molar-refractivity contribution in [2.45, 2.75) is 29.9 Å². The molecule has 0 radical (unpaired) electrons. The van der Waals surface area contributed by atoms with E-state index in [1.54, 1.807) is 12.1 Å². The molecule has 148 valence electrons. The van der Waals surface area contributed by atoms with Crippen LogP contribution in [0.4, 0.5) is 10.5 Å². The minimum absolute atomic E-state index is 0.00780. The number of rotatable bonds is 5. The van der Waals surface area contributed by atoms with Gasteiger partial charge < -0.3 is 15.4 Å². The Hall–Kier alpha value is -1.72. The molecule has 10 heteroatoms. The van der Waals surface area contributed by atoms with Crippen molar-refractivity contribution in [3.63, 3.8) is 0 Å². The summed E-state index contributed by atoms with van der Waals surface area (Å²) in [5, 5.41) is 5.54. The van der Waals surface area contributed by atoms with Gasteiger partial charge in [-0.2, -0.15) is 4.31 Å². The van der Waals surface area contributed by atoms with Crippen molar-refractivity contribution >= 4 is 21.7 Å². The van der Waals surface area contributed by atoms with E-state index >= 15 is 0 Å². The summed E-state index contributed by atoms with van der Waals surface area (Å²) in [6.07, 6.45) is 1.85. The maximum atomic E-state index is 12.8. The molecule has 0 aromatic heterocycles. The van der Waals surface area contributed by atoms with Gasteiger partial charge in [0.2, 0.25) is 10.0 Å². The van der Waals surface area contributed by atoms with Crippen molar-refractivity contribution in [3.05, 3.63) is 24.3 Å². The molecule has 4 rings (SSSR count). The van der Waals surface area contributed by atoms with Gasteiger partial charge in [-0.05, 0) is 37.1 Å². The molecule has 2 amide bonds. The lowest BCUT2D eigenvalue weighted by atomic mass is 10.2. The molecular formula is C17H25N5O4S. The largest absolute Gasteiger partial charge is 0.372 e. The van der Waals surface area contributed by atoms with Crippen LogP contribution in [-0.2, 0) is 14.8 Å². The third-order valence-electron chi connectivity index (χ3n) is 5.22. The molecule has 3 aliphatic heterocycles. The number of benzene rings is 1. The van der Waals surface area contributed by atoms with Crippen molar-refractivity contribution in [2.24, 2.45) is 5.92 Å². The standard InChI is InChI=1S/C17H25N5O4S/c23-17(18-7-12-8-19-20-9-12)21-13-1-5-16(6-2-13)27(24,25)22-10-14-3-4-15(11-22)26-14/h1-2,5-6,12,14-15,19-20H,3-4,7-11H2,(H2,18,21,23). The van der Waals surface area contributed by atoms with E-state index in [1.165, 1.54) is 16.4 Å². The summed E-state index contributed by atoms with van der Waals surface area (Å²) in [4.78, 5) is 12.2. The first-order valence-electron chi connectivity index (χ1n) is 9.27. The Bertz CT molecular complexity index is 767. The Morgan fingerprint density at radius 1 is 1.11 bits per heavy atom. The smallest absolute Gasteiger partial charge is 0.319 e. The minimum atomic E-state index is -3.54. The molecule has 2 unspecified atom stereocenters. The van der Waals surface area contributed by atoms with Gasteiger partial charge in [0, 0.05) is 44.3 Å². The molecule has 4 N–H and O–H groups in total. The van der Waals surface area contributed by atoms with Gasteiger partial charge in [0.05, 0.1) is 17.1 Å². The van der Waals surface area contributed by atoms with E-state index in [4.69, 9.17) is 4.74 Å². The van der Waals surface area contributed by atoms with E-state index in [2.05, 4.69) is 21.5 Å². The van der Waals surface area contributed by atoms with Crippen LogP contribution in [0.25, 0.3) is 0 Å². The number of carbonyl (C=O) groups excluding carboxylic acids is 1. The molecule has 3 fully saturated rings. The van der Waals surface area contributed by atoms with E-state index in [0.29, 0.717) is 31.2 Å². The Morgan fingerprint density at radius 2 is 1.74 bits per heavy atom. The third-order valence-corrected chi connectivity index (χ3v) is 7.06. The summed E-state index contributed by atoms with van der Waals surface area (Å²) >= 11 is 0. The highest BCUT2D eigenvalue weighted by molar-refractivity contribution is 7.89. The average molecular weight is 395 g/mol. The van der Waals surface area contributed by atoms with Crippen molar-refractivity contribution in [1.82, 2.24) is 20.5 Å². The van der Waals surface area contributed by atoms with E-state index in [1.807, 2.05) is 0 Å². The quantitative estimate of drug-likeness (QED) is 0.562. The molecule has 3 heterocycles. The number of carbonyl (C=O) groups is 1. The third kappa shape index (κ3) is 4.25. The first-order valence-corrected chi connectivity index (χ1v) is 10.7. The zero-order valence-corrected chi connectivity index (χ0v) is 15.8. The fraction of sp³-hybridized carbons (Fsp3) is 0.588.